The SMILES string of the molecule is CCN(CC)c1ccc(N(CC)CC)c(N2CCN(C(=O)OCC3CCCN3C(=O)CN3CCCCC3)CC2)n1. The molecule has 4 rings (SSSR count). The fourth-order valence-corrected chi connectivity index (χ4v) is 6.30. The predicted octanol–water partition coefficient (Wildman–Crippen LogP) is 3.51. The van der Waals surface area contributed by atoms with Crippen molar-refractivity contribution in [2.75, 3.05) is 99.8 Å². The summed E-state index contributed by atoms with van der Waals surface area (Å²) in [6, 6.07) is 4.32. The summed E-state index contributed by atoms with van der Waals surface area (Å²) in [4.78, 5) is 44.1. The summed E-state index contributed by atoms with van der Waals surface area (Å²) in [6.07, 6.45) is 5.21. The summed E-state index contributed by atoms with van der Waals surface area (Å²) in [6.45, 7) is 18.5. The second-order valence-electron chi connectivity index (χ2n) is 11.1. The zero-order valence-corrected chi connectivity index (χ0v) is 25.3. The minimum Gasteiger partial charge on any atom is -0.447 e. The number of piperidine rings is 1. The number of hydrogen-bond donors (Lipinski definition) is 0. The number of carbonyl (C=O) groups excluding carboxylic acids is 2. The van der Waals surface area contributed by atoms with E-state index < -0.39 is 0 Å². The standard InChI is InChI=1S/C30H51N7O3/c1-5-33(6-2)26-14-15-27(34(7-3)8-4)31-29(26)35-19-21-36(22-20-35)30(39)40-24-25-13-12-18-37(25)28(38)23-32-16-10-9-11-17-32/h14-15,25H,5-13,16-24H2,1-4H3. The Labute approximate surface area is 241 Å². The zero-order chi connectivity index (χ0) is 28.5. The van der Waals surface area contributed by atoms with Crippen LogP contribution >= 0.6 is 0 Å². The van der Waals surface area contributed by atoms with E-state index in [9.17, 15) is 9.59 Å². The molecule has 0 aromatic carbocycles. The minimum absolute atomic E-state index is 0.00817. The second-order valence-corrected chi connectivity index (χ2v) is 11.1. The summed E-state index contributed by atoms with van der Waals surface area (Å²) in [5.74, 6) is 2.17. The summed E-state index contributed by atoms with van der Waals surface area (Å²) in [7, 11) is 0. The van der Waals surface area contributed by atoms with E-state index in [1.54, 1.807) is 4.90 Å². The zero-order valence-electron chi connectivity index (χ0n) is 25.3. The Bertz CT molecular complexity index is 955. The van der Waals surface area contributed by atoms with E-state index in [0.717, 1.165) is 76.0 Å². The molecular formula is C30H51N7O3. The normalized spacial score (nSPS) is 20.1. The maximum atomic E-state index is 13.0. The van der Waals surface area contributed by atoms with Gasteiger partial charge >= 0.3 is 6.09 Å². The van der Waals surface area contributed by atoms with E-state index in [4.69, 9.17) is 9.72 Å². The molecule has 1 aromatic heterocycles. The van der Waals surface area contributed by atoms with Gasteiger partial charge in [0.25, 0.3) is 0 Å². The summed E-state index contributed by atoms with van der Waals surface area (Å²) < 4.78 is 5.78. The molecule has 3 aliphatic heterocycles. The molecule has 0 saturated carbocycles. The molecule has 0 N–H and O–H groups in total. The molecule has 1 aromatic rings. The second kappa shape index (κ2) is 14.8. The molecule has 0 aliphatic carbocycles. The number of aromatic nitrogens is 1. The molecule has 0 radical (unpaired) electrons. The van der Waals surface area contributed by atoms with E-state index in [0.29, 0.717) is 32.7 Å². The number of pyridine rings is 1. The molecule has 3 fully saturated rings. The minimum atomic E-state index is -0.274. The van der Waals surface area contributed by atoms with Crippen LogP contribution in [0, 0.1) is 0 Å². The Hall–Kier alpha value is -2.75. The van der Waals surface area contributed by atoms with Crippen molar-refractivity contribution >= 4 is 29.3 Å². The van der Waals surface area contributed by atoms with Crippen molar-refractivity contribution in [3.8, 4) is 0 Å². The van der Waals surface area contributed by atoms with Gasteiger partial charge in [0.15, 0.2) is 5.82 Å². The number of piperazine rings is 1. The maximum Gasteiger partial charge on any atom is 0.409 e. The quantitative estimate of drug-likeness (QED) is 0.409. The lowest BCUT2D eigenvalue weighted by Gasteiger charge is -2.38. The number of carbonyl (C=O) groups is 2. The van der Waals surface area contributed by atoms with Crippen LogP contribution in [-0.2, 0) is 9.53 Å². The van der Waals surface area contributed by atoms with Gasteiger partial charge in [-0.2, -0.15) is 0 Å². The molecular weight excluding hydrogens is 506 g/mol. The van der Waals surface area contributed by atoms with Gasteiger partial charge in [-0.15, -0.1) is 0 Å². The predicted molar refractivity (Wildman–Crippen MR) is 162 cm³/mol. The summed E-state index contributed by atoms with van der Waals surface area (Å²) in [5.41, 5.74) is 1.15. The van der Waals surface area contributed by atoms with Crippen LogP contribution < -0.4 is 14.7 Å². The van der Waals surface area contributed by atoms with Gasteiger partial charge in [-0.25, -0.2) is 9.78 Å². The lowest BCUT2D eigenvalue weighted by atomic mass is 10.1. The van der Waals surface area contributed by atoms with Gasteiger partial charge in [0.05, 0.1) is 18.3 Å². The van der Waals surface area contributed by atoms with Gasteiger partial charge in [-0.1, -0.05) is 6.42 Å². The Balaban J connectivity index is 1.32. The van der Waals surface area contributed by atoms with E-state index in [1.165, 1.54) is 19.3 Å². The van der Waals surface area contributed by atoms with Gasteiger partial charge in [0.2, 0.25) is 5.91 Å². The molecule has 1 unspecified atom stereocenters. The number of rotatable bonds is 11. The van der Waals surface area contributed by atoms with Crippen molar-refractivity contribution in [1.29, 1.82) is 0 Å². The van der Waals surface area contributed by atoms with Gasteiger partial charge in [0.1, 0.15) is 12.4 Å². The van der Waals surface area contributed by atoms with Crippen LogP contribution in [0.5, 0.6) is 0 Å². The highest BCUT2D eigenvalue weighted by atomic mass is 16.6. The Morgan fingerprint density at radius 2 is 1.52 bits per heavy atom. The third-order valence-electron chi connectivity index (χ3n) is 8.77. The van der Waals surface area contributed by atoms with Crippen molar-refractivity contribution in [3.05, 3.63) is 12.1 Å². The smallest absolute Gasteiger partial charge is 0.409 e. The Kier molecular flexibility index (Phi) is 11.1. The topological polar surface area (TPSA) is 75.7 Å². The van der Waals surface area contributed by atoms with Crippen molar-refractivity contribution in [2.24, 2.45) is 0 Å². The van der Waals surface area contributed by atoms with Gasteiger partial charge in [-0.05, 0) is 78.6 Å². The lowest BCUT2D eigenvalue weighted by Crippen LogP contribution is -2.50. The molecule has 1 atom stereocenters. The van der Waals surface area contributed by atoms with Crippen LogP contribution in [0.1, 0.15) is 59.8 Å². The van der Waals surface area contributed by atoms with Crippen LogP contribution in [0.2, 0.25) is 0 Å². The van der Waals surface area contributed by atoms with Crippen LogP contribution in [0.3, 0.4) is 0 Å². The number of likely N-dealkylation sites (tertiary alicyclic amines) is 2. The van der Waals surface area contributed by atoms with Gasteiger partial charge in [-0.3, -0.25) is 9.69 Å². The highest BCUT2D eigenvalue weighted by molar-refractivity contribution is 5.79. The molecule has 3 saturated heterocycles. The first-order valence-corrected chi connectivity index (χ1v) is 15.7. The van der Waals surface area contributed by atoms with Gasteiger partial charge < -0.3 is 29.2 Å². The lowest BCUT2D eigenvalue weighted by molar-refractivity contribution is -0.134. The van der Waals surface area contributed by atoms with E-state index in [-0.39, 0.29) is 24.6 Å². The molecule has 4 heterocycles. The molecule has 10 heteroatoms. The Morgan fingerprint density at radius 3 is 2.17 bits per heavy atom. The van der Waals surface area contributed by atoms with E-state index >= 15 is 0 Å². The molecule has 2 amide bonds. The number of nitrogens with zero attached hydrogens (tertiary/aromatic N) is 7. The number of amides is 2. The molecule has 0 bridgehead atoms. The average molecular weight is 558 g/mol. The summed E-state index contributed by atoms with van der Waals surface area (Å²) >= 11 is 0. The number of hydrogen-bond acceptors (Lipinski definition) is 8. The number of anilines is 3. The van der Waals surface area contributed by atoms with Crippen molar-refractivity contribution < 1.29 is 14.3 Å². The van der Waals surface area contributed by atoms with Gasteiger partial charge in [0, 0.05) is 58.9 Å². The fourth-order valence-electron chi connectivity index (χ4n) is 6.30. The fraction of sp³-hybridized carbons (Fsp3) is 0.767. The molecule has 40 heavy (non-hydrogen) atoms. The summed E-state index contributed by atoms with van der Waals surface area (Å²) in [5, 5.41) is 0. The van der Waals surface area contributed by atoms with Crippen molar-refractivity contribution in [3.63, 3.8) is 0 Å². The van der Waals surface area contributed by atoms with E-state index in [1.807, 2.05) is 4.90 Å². The Morgan fingerprint density at radius 1 is 0.850 bits per heavy atom. The monoisotopic (exact) mass is 557 g/mol. The van der Waals surface area contributed by atoms with E-state index in [2.05, 4.69) is 59.4 Å². The third-order valence-corrected chi connectivity index (χ3v) is 8.77. The highest BCUT2D eigenvalue weighted by Crippen LogP contribution is 2.31. The largest absolute Gasteiger partial charge is 0.447 e. The van der Waals surface area contributed by atoms with Crippen LogP contribution in [0.4, 0.5) is 22.1 Å². The first kappa shape index (κ1) is 30.2. The van der Waals surface area contributed by atoms with Crippen LogP contribution in [-0.4, -0.2) is 123 Å². The van der Waals surface area contributed by atoms with Crippen LogP contribution in [0.25, 0.3) is 0 Å². The molecule has 224 valence electrons. The first-order chi connectivity index (χ1) is 19.5. The number of ether oxygens (including phenoxy) is 1. The highest BCUT2D eigenvalue weighted by Gasteiger charge is 2.32. The van der Waals surface area contributed by atoms with Crippen LogP contribution in [0.15, 0.2) is 12.1 Å². The third kappa shape index (κ3) is 7.30. The van der Waals surface area contributed by atoms with Crippen molar-refractivity contribution in [1.82, 2.24) is 19.7 Å². The maximum absolute atomic E-state index is 13.0. The van der Waals surface area contributed by atoms with Crippen molar-refractivity contribution in [2.45, 2.75) is 65.8 Å². The first-order valence-electron chi connectivity index (χ1n) is 15.7. The molecule has 3 aliphatic rings. The molecule has 0 spiro atoms. The average Bonchev–Trinajstić information content (AvgIpc) is 3.47. The molecule has 10 nitrogen and oxygen atoms in total.